The lowest BCUT2D eigenvalue weighted by atomic mass is 9.89. The van der Waals surface area contributed by atoms with Crippen LogP contribution in [0.3, 0.4) is 0 Å². The first kappa shape index (κ1) is 19.7. The number of fused-ring (bicyclic) bond motifs is 2. The summed E-state index contributed by atoms with van der Waals surface area (Å²) in [6.07, 6.45) is 6.11. The number of amides is 2. The molecule has 0 radical (unpaired) electrons. The molecule has 0 aliphatic carbocycles. The van der Waals surface area contributed by atoms with Crippen LogP contribution in [0.4, 0.5) is 5.69 Å². The Bertz CT molecular complexity index is 596. The molecule has 1 aromatic carbocycles. The number of piperidine rings is 1. The van der Waals surface area contributed by atoms with E-state index in [1.54, 1.807) is 0 Å². The van der Waals surface area contributed by atoms with E-state index in [2.05, 4.69) is 22.9 Å². The number of carbonyl (C=O) groups is 2. The SMILES string of the molecule is CCc1cccc(NC(=O)CNC(=O)CC2CC3CCC(C2)N3)c1.Cl. The molecule has 2 fully saturated rings. The van der Waals surface area contributed by atoms with E-state index in [9.17, 15) is 9.59 Å². The van der Waals surface area contributed by atoms with Crippen LogP contribution in [0.2, 0.25) is 0 Å². The summed E-state index contributed by atoms with van der Waals surface area (Å²) in [6.45, 7) is 2.11. The Hall–Kier alpha value is -1.59. The van der Waals surface area contributed by atoms with Gasteiger partial charge in [0.15, 0.2) is 0 Å². The van der Waals surface area contributed by atoms with Gasteiger partial charge in [-0.2, -0.15) is 0 Å². The highest BCUT2D eigenvalue weighted by Gasteiger charge is 2.34. The van der Waals surface area contributed by atoms with Gasteiger partial charge in [0.2, 0.25) is 11.8 Å². The summed E-state index contributed by atoms with van der Waals surface area (Å²) in [5, 5.41) is 9.18. The van der Waals surface area contributed by atoms with Crippen molar-refractivity contribution < 1.29 is 9.59 Å². The van der Waals surface area contributed by atoms with Gasteiger partial charge < -0.3 is 16.0 Å². The van der Waals surface area contributed by atoms with Crippen LogP contribution in [-0.4, -0.2) is 30.4 Å². The van der Waals surface area contributed by atoms with E-state index in [1.807, 2.05) is 24.3 Å². The van der Waals surface area contributed by atoms with Gasteiger partial charge in [0.05, 0.1) is 6.54 Å². The van der Waals surface area contributed by atoms with Crippen molar-refractivity contribution in [2.24, 2.45) is 5.92 Å². The van der Waals surface area contributed by atoms with Crippen molar-refractivity contribution >= 4 is 29.9 Å². The predicted molar refractivity (Wildman–Crippen MR) is 102 cm³/mol. The molecule has 2 unspecified atom stereocenters. The van der Waals surface area contributed by atoms with Crippen molar-refractivity contribution in [3.05, 3.63) is 29.8 Å². The van der Waals surface area contributed by atoms with Crippen LogP contribution in [0.15, 0.2) is 24.3 Å². The molecule has 0 aromatic heterocycles. The Kier molecular flexibility index (Phi) is 7.26. The largest absolute Gasteiger partial charge is 0.347 e. The minimum absolute atomic E-state index is 0. The lowest BCUT2D eigenvalue weighted by Crippen LogP contribution is -2.40. The van der Waals surface area contributed by atoms with Gasteiger partial charge in [0, 0.05) is 24.2 Å². The van der Waals surface area contributed by atoms with Gasteiger partial charge in [-0.05, 0) is 55.7 Å². The molecular weight excluding hydrogens is 338 g/mol. The average Bonchev–Trinajstić information content (AvgIpc) is 2.92. The Morgan fingerprint density at radius 3 is 2.56 bits per heavy atom. The Labute approximate surface area is 155 Å². The second kappa shape index (κ2) is 9.20. The highest BCUT2D eigenvalue weighted by Crippen LogP contribution is 2.32. The minimum atomic E-state index is -0.179. The first-order valence-corrected chi connectivity index (χ1v) is 9.04. The third-order valence-corrected chi connectivity index (χ3v) is 5.11. The number of carbonyl (C=O) groups excluding carboxylic acids is 2. The molecule has 2 bridgehead atoms. The van der Waals surface area contributed by atoms with Gasteiger partial charge in [-0.3, -0.25) is 9.59 Å². The Morgan fingerprint density at radius 2 is 1.88 bits per heavy atom. The first-order valence-electron chi connectivity index (χ1n) is 9.04. The number of halogens is 1. The summed E-state index contributed by atoms with van der Waals surface area (Å²) < 4.78 is 0. The molecule has 2 amide bonds. The molecule has 3 N–H and O–H groups in total. The molecule has 5 nitrogen and oxygen atoms in total. The van der Waals surface area contributed by atoms with E-state index in [0.29, 0.717) is 24.4 Å². The second-order valence-corrected chi connectivity index (χ2v) is 7.06. The van der Waals surface area contributed by atoms with Crippen molar-refractivity contribution in [3.8, 4) is 0 Å². The highest BCUT2D eigenvalue weighted by molar-refractivity contribution is 5.94. The van der Waals surface area contributed by atoms with Crippen LogP contribution in [0, 0.1) is 5.92 Å². The summed E-state index contributed by atoms with van der Waals surface area (Å²) >= 11 is 0. The molecule has 2 aliphatic rings. The third-order valence-electron chi connectivity index (χ3n) is 5.11. The van der Waals surface area contributed by atoms with E-state index in [0.717, 1.165) is 24.9 Å². The van der Waals surface area contributed by atoms with Gasteiger partial charge in [0.25, 0.3) is 0 Å². The lowest BCUT2D eigenvalue weighted by molar-refractivity contribution is -0.125. The number of hydrogen-bond donors (Lipinski definition) is 3. The van der Waals surface area contributed by atoms with Crippen LogP contribution in [0.5, 0.6) is 0 Å². The molecule has 2 aliphatic heterocycles. The van der Waals surface area contributed by atoms with Crippen LogP contribution >= 0.6 is 12.4 Å². The highest BCUT2D eigenvalue weighted by atomic mass is 35.5. The van der Waals surface area contributed by atoms with Gasteiger partial charge >= 0.3 is 0 Å². The molecule has 2 saturated heterocycles. The lowest BCUT2D eigenvalue weighted by Gasteiger charge is -2.28. The van der Waals surface area contributed by atoms with E-state index < -0.39 is 0 Å². The Balaban J connectivity index is 0.00000225. The van der Waals surface area contributed by atoms with Gasteiger partial charge in [-0.25, -0.2) is 0 Å². The molecule has 25 heavy (non-hydrogen) atoms. The van der Waals surface area contributed by atoms with Crippen molar-refractivity contribution in [1.82, 2.24) is 10.6 Å². The smallest absolute Gasteiger partial charge is 0.243 e. The van der Waals surface area contributed by atoms with Crippen LogP contribution in [0.1, 0.15) is 44.6 Å². The number of anilines is 1. The second-order valence-electron chi connectivity index (χ2n) is 7.06. The normalized spacial score (nSPS) is 24.3. The number of rotatable bonds is 6. The molecule has 0 saturated carbocycles. The number of benzene rings is 1. The third kappa shape index (κ3) is 5.72. The van der Waals surface area contributed by atoms with E-state index in [-0.39, 0.29) is 30.8 Å². The summed E-state index contributed by atoms with van der Waals surface area (Å²) in [5.41, 5.74) is 1.96. The predicted octanol–water partition coefficient (Wildman–Crippen LogP) is 2.65. The average molecular weight is 366 g/mol. The van der Waals surface area contributed by atoms with Gasteiger partial charge in [-0.15, -0.1) is 12.4 Å². The maximum Gasteiger partial charge on any atom is 0.243 e. The molecule has 0 spiro atoms. The molecule has 138 valence electrons. The van der Waals surface area contributed by atoms with Crippen LogP contribution in [-0.2, 0) is 16.0 Å². The van der Waals surface area contributed by atoms with Gasteiger partial charge in [-0.1, -0.05) is 19.1 Å². The summed E-state index contributed by atoms with van der Waals surface area (Å²) in [4.78, 5) is 24.1. The van der Waals surface area contributed by atoms with Crippen molar-refractivity contribution in [2.45, 2.75) is 57.5 Å². The first-order chi connectivity index (χ1) is 11.6. The maximum absolute atomic E-state index is 12.1. The number of aryl methyl sites for hydroxylation is 1. The van der Waals surface area contributed by atoms with Crippen molar-refractivity contribution in [3.63, 3.8) is 0 Å². The Morgan fingerprint density at radius 1 is 1.16 bits per heavy atom. The monoisotopic (exact) mass is 365 g/mol. The van der Waals surface area contributed by atoms with E-state index in [1.165, 1.54) is 18.4 Å². The topological polar surface area (TPSA) is 70.2 Å². The van der Waals surface area contributed by atoms with E-state index >= 15 is 0 Å². The zero-order valence-corrected chi connectivity index (χ0v) is 15.5. The van der Waals surface area contributed by atoms with Crippen molar-refractivity contribution in [2.75, 3.05) is 11.9 Å². The summed E-state index contributed by atoms with van der Waals surface area (Å²) in [6, 6.07) is 8.97. The number of nitrogens with one attached hydrogen (secondary N) is 3. The molecular formula is C19H28ClN3O2. The van der Waals surface area contributed by atoms with Crippen LogP contribution in [0.25, 0.3) is 0 Å². The molecule has 3 rings (SSSR count). The van der Waals surface area contributed by atoms with Crippen LogP contribution < -0.4 is 16.0 Å². The van der Waals surface area contributed by atoms with Gasteiger partial charge in [0.1, 0.15) is 0 Å². The molecule has 6 heteroatoms. The zero-order chi connectivity index (χ0) is 16.9. The number of hydrogen-bond acceptors (Lipinski definition) is 3. The zero-order valence-electron chi connectivity index (χ0n) is 14.7. The molecule has 2 atom stereocenters. The van der Waals surface area contributed by atoms with Crippen molar-refractivity contribution in [1.29, 1.82) is 0 Å². The molecule has 2 heterocycles. The summed E-state index contributed by atoms with van der Waals surface area (Å²) in [7, 11) is 0. The fraction of sp³-hybridized carbons (Fsp3) is 0.579. The van der Waals surface area contributed by atoms with E-state index in [4.69, 9.17) is 0 Å². The molecule has 1 aromatic rings. The standard InChI is InChI=1S/C19H27N3O2.ClH/c1-2-13-4-3-5-15(8-13)22-19(24)12-20-18(23)11-14-9-16-6-7-17(10-14)21-16;/h3-5,8,14,16-17,21H,2,6-7,9-12H2,1H3,(H,20,23)(H,22,24);1H. The fourth-order valence-corrected chi connectivity index (χ4v) is 3.93. The fourth-order valence-electron chi connectivity index (χ4n) is 3.93. The summed E-state index contributed by atoms with van der Waals surface area (Å²) in [5.74, 6) is 0.258. The minimum Gasteiger partial charge on any atom is -0.347 e. The maximum atomic E-state index is 12.1. The quantitative estimate of drug-likeness (QED) is 0.725.